The van der Waals surface area contributed by atoms with E-state index in [0.717, 1.165) is 24.7 Å². The summed E-state index contributed by atoms with van der Waals surface area (Å²) in [4.78, 5) is 0. The van der Waals surface area contributed by atoms with Gasteiger partial charge in [-0.2, -0.15) is 5.26 Å². The van der Waals surface area contributed by atoms with Gasteiger partial charge in [0.1, 0.15) is 0 Å². The molecule has 0 amide bonds. The fourth-order valence-electron chi connectivity index (χ4n) is 2.47. The van der Waals surface area contributed by atoms with Crippen molar-refractivity contribution in [3.05, 3.63) is 0 Å². The Kier molecular flexibility index (Phi) is 36.5. The number of nitriles is 1. The van der Waals surface area contributed by atoms with Crippen LogP contribution in [0.2, 0.25) is 0 Å². The van der Waals surface area contributed by atoms with Gasteiger partial charge in [-0.3, -0.25) is 0 Å². The Labute approximate surface area is 451 Å². The molecule has 2 atom stereocenters. The normalized spacial score (nSPS) is 17.4. The van der Waals surface area contributed by atoms with E-state index in [1.54, 1.807) is 41.5 Å². The highest BCUT2D eigenvalue weighted by atomic mass is 14.3. The van der Waals surface area contributed by atoms with Gasteiger partial charge < -0.3 is 0 Å². The minimum absolute atomic E-state index is 0.0845. The molecule has 0 bridgehead atoms. The first-order valence-corrected chi connectivity index (χ1v) is 26.3. The maximum atomic E-state index is 8.15. The molecule has 0 heterocycles. The van der Waals surface area contributed by atoms with Crippen LogP contribution in [0.1, 0.15) is 346 Å². The summed E-state index contributed by atoms with van der Waals surface area (Å²) in [5.74, 6) is 0.169. The van der Waals surface area contributed by atoms with Crippen LogP contribution < -0.4 is 0 Å². The van der Waals surface area contributed by atoms with Gasteiger partial charge in [-0.1, -0.05) is 304 Å². The highest BCUT2D eigenvalue weighted by molar-refractivity contribution is 4.86. The van der Waals surface area contributed by atoms with Crippen molar-refractivity contribution >= 4 is 0 Å². The Morgan fingerprint density at radius 1 is 0.463 bits per heavy atom. The first-order chi connectivity index (χ1) is 32.3. The van der Waals surface area contributed by atoms with Gasteiger partial charge >= 0.3 is 0 Å². The van der Waals surface area contributed by atoms with Crippen molar-refractivity contribution < 1.29 is 15.1 Å². The van der Waals surface area contributed by atoms with Gasteiger partial charge in [0, 0.05) is 20.5 Å². The summed E-state index contributed by atoms with van der Waals surface area (Å²) in [6, 6.07) is 2.10. The lowest BCUT2D eigenvalue weighted by Crippen LogP contribution is -2.25. The summed E-state index contributed by atoms with van der Waals surface area (Å²) in [6.07, 6.45) is -0.747. The summed E-state index contributed by atoms with van der Waals surface area (Å²) in [7, 11) is 0. The summed E-state index contributed by atoms with van der Waals surface area (Å²) >= 11 is 0. The predicted octanol–water partition coefficient (Wildman–Crippen LogP) is 25.3. The second-order valence-corrected chi connectivity index (χ2v) is 31.7. The van der Waals surface area contributed by atoms with Crippen LogP contribution in [0.15, 0.2) is 0 Å². The van der Waals surface area contributed by atoms with Gasteiger partial charge in [-0.05, 0) is 117 Å². The molecule has 0 aliphatic heterocycles. The molecular weight excluding hydrogens is 807 g/mol. The van der Waals surface area contributed by atoms with Crippen molar-refractivity contribution in [1.29, 1.82) is 5.26 Å². The summed E-state index contributed by atoms with van der Waals surface area (Å²) < 4.78 is 81.2. The maximum absolute atomic E-state index is 8.15. The van der Waals surface area contributed by atoms with Crippen molar-refractivity contribution in [3.63, 3.8) is 0 Å². The SMILES string of the molecule is CC(C)(C)C.CC(C)(C)C#N.CC(C)(C)C(C)(C)C.CC(C)C.CC(C)C(C)(C)C.CC(C)CC(C)(C)C.[2H]C(C)(C(C)C)C(C)(C)C.[2H]C(C)(C)C(C)(C)C.[2H]C([2H])([2H])C(C)(C)C.[2H]C([2H])([2H])C([2H])(C([2H])([2H])C)C(C)(C)C. The molecule has 0 saturated heterocycles. The van der Waals surface area contributed by atoms with E-state index in [0.29, 0.717) is 33.0 Å². The van der Waals surface area contributed by atoms with Crippen molar-refractivity contribution in [2.75, 3.05) is 0 Å². The third kappa shape index (κ3) is 122. The van der Waals surface area contributed by atoms with Gasteiger partial charge in [0.25, 0.3) is 0 Å². The minimum atomic E-state index is -2.64. The summed E-state index contributed by atoms with van der Waals surface area (Å²) in [5.41, 5.74) is 0.922. The van der Waals surface area contributed by atoms with Crippen molar-refractivity contribution in [2.45, 2.75) is 331 Å². The van der Waals surface area contributed by atoms with Gasteiger partial charge in [0.05, 0.1) is 6.07 Å². The highest BCUT2D eigenvalue weighted by Crippen LogP contribution is 2.36. The largest absolute Gasteiger partial charge is 0.198 e. The lowest BCUT2D eigenvalue weighted by molar-refractivity contribution is 0.157. The average Bonchev–Trinajstić information content (AvgIpc) is 3.02. The van der Waals surface area contributed by atoms with Crippen LogP contribution in [0.5, 0.6) is 0 Å². The molecule has 67 heavy (non-hydrogen) atoms. The van der Waals surface area contributed by atoms with E-state index in [9.17, 15) is 0 Å². The second kappa shape index (κ2) is 39.1. The molecule has 418 valence electrons. The van der Waals surface area contributed by atoms with Crippen molar-refractivity contribution in [1.82, 2.24) is 0 Å². The average molecular weight is 968 g/mol. The van der Waals surface area contributed by atoms with Gasteiger partial charge in [0.2, 0.25) is 0 Å². The van der Waals surface area contributed by atoms with E-state index in [4.69, 9.17) is 20.3 Å². The third-order valence-electron chi connectivity index (χ3n) is 9.89. The zero-order valence-electron chi connectivity index (χ0n) is 67.0. The Morgan fingerprint density at radius 3 is 0.687 bits per heavy atom. The standard InChI is InChI=1S/C9H20.3C8H18.2C7H16.C5H9N.2C5H12.C4H10/c1-7(2)8(3)9(4,5)6;1-7(2)6-8(3,4)5;1-7(2,3)8(4,5)6;1-6-7(2)8(3,4)5;2*1-6(2)7(3,4)5;1-5(2,3)4-6;2*1-5(2,3)4;1-4(2)3/h7-8H,1-6H3;7H,6H2,1-5H3;1-6H3;7H,6H2,1-5H3;2*6H,1-5H3;1-3H3;2*1-4H3;4H,1-3H3/i8D;;;2D3,6D2,7D;6D;;;1D3;;. The van der Waals surface area contributed by atoms with Crippen LogP contribution >= 0.6 is 0 Å². The van der Waals surface area contributed by atoms with Crippen LogP contribution in [-0.4, -0.2) is 0 Å². The zero-order chi connectivity index (χ0) is 67.7. The van der Waals surface area contributed by atoms with E-state index >= 15 is 0 Å². The topological polar surface area (TPSA) is 23.8 Å². The summed E-state index contributed by atoms with van der Waals surface area (Å²) in [6.45, 7) is 86.5. The Bertz CT molecular complexity index is 1330. The lowest BCUT2D eigenvalue weighted by atomic mass is 9.71. The lowest BCUT2D eigenvalue weighted by Gasteiger charge is -2.34. The molecule has 1 nitrogen and oxygen atoms in total. The van der Waals surface area contributed by atoms with Crippen LogP contribution in [0, 0.1) is 107 Å². The Balaban J connectivity index is -0.0000000837. The summed E-state index contributed by atoms with van der Waals surface area (Å²) in [5, 5.41) is 8.15. The molecule has 0 aromatic carbocycles. The predicted molar refractivity (Wildman–Crippen MR) is 325 cm³/mol. The van der Waals surface area contributed by atoms with Crippen molar-refractivity contribution in [3.8, 4) is 6.07 Å². The molecule has 0 spiro atoms. The van der Waals surface area contributed by atoms with Crippen LogP contribution in [0.25, 0.3) is 0 Å². The second-order valence-electron chi connectivity index (χ2n) is 31.7. The third-order valence-corrected chi connectivity index (χ3v) is 9.89. The quantitative estimate of drug-likeness (QED) is 0.276. The van der Waals surface area contributed by atoms with Crippen molar-refractivity contribution in [2.24, 2.45) is 95.5 Å². The fraction of sp³-hybridized carbons (Fsp3) is 0.985. The monoisotopic (exact) mass is 967 g/mol. The van der Waals surface area contributed by atoms with E-state index in [1.807, 2.05) is 41.5 Å². The first kappa shape index (κ1) is 62.6. The maximum Gasteiger partial charge on any atom is 0.0680 e. The van der Waals surface area contributed by atoms with Crippen LogP contribution in [0.4, 0.5) is 0 Å². The molecule has 0 fully saturated rings. The fourth-order valence-corrected chi connectivity index (χ4v) is 2.47. The molecule has 0 aromatic rings. The molecule has 0 saturated carbocycles. The van der Waals surface area contributed by atoms with Crippen LogP contribution in [-0.2, 0) is 0 Å². The smallest absolute Gasteiger partial charge is 0.0680 e. The molecule has 0 aliphatic carbocycles. The number of nitrogens with zero attached hydrogens (tertiary/aromatic N) is 1. The van der Waals surface area contributed by atoms with E-state index in [-0.39, 0.29) is 28.0 Å². The Morgan fingerprint density at radius 2 is 0.687 bits per heavy atom. The highest BCUT2D eigenvalue weighted by Gasteiger charge is 2.27. The molecular formula is C66H149N. The molecule has 0 rings (SSSR count). The molecule has 2 unspecified atom stereocenters. The van der Waals surface area contributed by atoms with Crippen LogP contribution in [0.3, 0.4) is 0 Å². The minimum Gasteiger partial charge on any atom is -0.198 e. The van der Waals surface area contributed by atoms with E-state index < -0.39 is 36.8 Å². The molecule has 0 aromatic heterocycles. The molecule has 0 aliphatic rings. The first-order valence-electron chi connectivity index (χ1n) is 31.8. The molecule has 0 radical (unpaired) electrons. The molecule has 1 heteroatoms. The number of hydrogen-bond acceptors (Lipinski definition) is 1. The van der Waals surface area contributed by atoms with E-state index in [2.05, 4.69) is 221 Å². The van der Waals surface area contributed by atoms with Gasteiger partial charge in [-0.15, -0.1) is 0 Å². The number of hydrogen-bond donors (Lipinski definition) is 0. The molecule has 0 N–H and O–H groups in total. The zero-order valence-corrected chi connectivity index (χ0v) is 56.0. The van der Waals surface area contributed by atoms with Gasteiger partial charge in [-0.25, -0.2) is 0 Å². The van der Waals surface area contributed by atoms with Gasteiger partial charge in [0.15, 0.2) is 0 Å². The Hall–Kier alpha value is -0.510. The number of rotatable bonds is 3. The van der Waals surface area contributed by atoms with E-state index in [1.165, 1.54) is 6.42 Å².